The smallest absolute Gasteiger partial charge is 0.273 e. The van der Waals surface area contributed by atoms with Gasteiger partial charge in [-0.1, -0.05) is 6.07 Å². The highest BCUT2D eigenvalue weighted by atomic mass is 16.5. The quantitative estimate of drug-likeness (QED) is 0.390. The second-order valence-corrected chi connectivity index (χ2v) is 7.80. The zero-order chi connectivity index (χ0) is 23.0. The maximum Gasteiger partial charge on any atom is 0.273 e. The molecule has 3 aromatic rings. The second kappa shape index (κ2) is 10.6. The average molecular weight is 451 g/mol. The van der Waals surface area contributed by atoms with E-state index in [9.17, 15) is 9.59 Å². The second-order valence-electron chi connectivity index (χ2n) is 7.80. The Morgan fingerprint density at radius 3 is 2.73 bits per heavy atom. The topological polar surface area (TPSA) is 136 Å². The summed E-state index contributed by atoms with van der Waals surface area (Å²) >= 11 is 0. The number of carbonyl (C=O) groups is 1. The van der Waals surface area contributed by atoms with Gasteiger partial charge in [0.15, 0.2) is 5.69 Å². The van der Waals surface area contributed by atoms with Crippen LogP contribution in [0.1, 0.15) is 30.3 Å². The first-order chi connectivity index (χ1) is 16.1. The minimum Gasteiger partial charge on any atom is -0.377 e. The summed E-state index contributed by atoms with van der Waals surface area (Å²) in [5.41, 5.74) is 0.805. The number of carbonyl (C=O) groups excluding carboxylic acids is 1. The van der Waals surface area contributed by atoms with Gasteiger partial charge in [-0.25, -0.2) is 9.97 Å². The summed E-state index contributed by atoms with van der Waals surface area (Å²) in [6.45, 7) is 3.80. The highest BCUT2D eigenvalue weighted by molar-refractivity contribution is 5.92. The summed E-state index contributed by atoms with van der Waals surface area (Å²) in [6.07, 6.45) is 6.57. The first kappa shape index (κ1) is 22.3. The van der Waals surface area contributed by atoms with Gasteiger partial charge in [0, 0.05) is 24.8 Å². The number of amides is 1. The molecule has 1 atom stereocenters. The molecule has 1 aliphatic heterocycles. The minimum absolute atomic E-state index is 0.0364. The standard InChI is InChI=1S/C22H26N8O3/c1-15(26-19-8-7-17(11-24-19)30-10-3-2-6-20(30)31)5-4-9-23-22-25-12-18(28-29-22)21(32)27-16-13-33-14-16/h2-3,6-8,10-12,15-16H,4-5,9,13-14H2,1H3,(H,24,26)(H,27,32)(H,23,25,29)/t15-/m1/s1. The molecule has 0 radical (unpaired) electrons. The Balaban J connectivity index is 1.17. The Labute approximate surface area is 190 Å². The SMILES string of the molecule is C[C@H](CCCNc1ncc(C(=O)NC2COC2)nn1)Nc1ccc(-n2ccccc2=O)cn1. The van der Waals surface area contributed by atoms with E-state index in [0.717, 1.165) is 24.3 Å². The van der Waals surface area contributed by atoms with E-state index in [2.05, 4.69) is 43.0 Å². The maximum atomic E-state index is 12.0. The molecule has 33 heavy (non-hydrogen) atoms. The number of rotatable bonds is 10. The predicted octanol–water partition coefficient (Wildman–Crippen LogP) is 1.24. The van der Waals surface area contributed by atoms with Crippen LogP contribution in [0.2, 0.25) is 0 Å². The fraction of sp³-hybridized carbons (Fsp3) is 0.364. The number of pyridine rings is 2. The molecule has 0 unspecified atom stereocenters. The predicted molar refractivity (Wildman–Crippen MR) is 123 cm³/mol. The molecule has 0 aliphatic carbocycles. The molecule has 1 fully saturated rings. The van der Waals surface area contributed by atoms with Crippen LogP contribution in [0.4, 0.5) is 11.8 Å². The van der Waals surface area contributed by atoms with Crippen molar-refractivity contribution in [3.05, 3.63) is 65.0 Å². The molecule has 1 amide bonds. The fourth-order valence-electron chi connectivity index (χ4n) is 3.23. The lowest BCUT2D eigenvalue weighted by Gasteiger charge is -2.26. The van der Waals surface area contributed by atoms with E-state index in [4.69, 9.17) is 4.74 Å². The van der Waals surface area contributed by atoms with E-state index in [1.807, 2.05) is 18.2 Å². The maximum absolute atomic E-state index is 12.0. The molecule has 0 saturated carbocycles. The number of anilines is 2. The monoisotopic (exact) mass is 450 g/mol. The third kappa shape index (κ3) is 6.10. The van der Waals surface area contributed by atoms with Crippen LogP contribution in [0.5, 0.6) is 0 Å². The Morgan fingerprint density at radius 2 is 2.06 bits per heavy atom. The molecule has 1 saturated heterocycles. The summed E-state index contributed by atoms with van der Waals surface area (Å²) in [7, 11) is 0. The van der Waals surface area contributed by atoms with Gasteiger partial charge in [-0.2, -0.15) is 0 Å². The van der Waals surface area contributed by atoms with Crippen molar-refractivity contribution in [2.24, 2.45) is 0 Å². The molecule has 3 N–H and O–H groups in total. The summed E-state index contributed by atoms with van der Waals surface area (Å²) in [5.74, 6) is 0.831. The molecule has 0 aromatic carbocycles. The van der Waals surface area contributed by atoms with Crippen LogP contribution in [-0.2, 0) is 4.74 Å². The zero-order valence-corrected chi connectivity index (χ0v) is 18.3. The van der Waals surface area contributed by atoms with E-state index in [0.29, 0.717) is 25.7 Å². The van der Waals surface area contributed by atoms with Crippen LogP contribution in [0, 0.1) is 0 Å². The third-order valence-electron chi connectivity index (χ3n) is 5.11. The molecule has 4 heterocycles. The highest BCUT2D eigenvalue weighted by Crippen LogP contribution is 2.11. The van der Waals surface area contributed by atoms with E-state index < -0.39 is 0 Å². The normalized spacial score (nSPS) is 14.2. The largest absolute Gasteiger partial charge is 0.377 e. The van der Waals surface area contributed by atoms with Gasteiger partial charge in [0.05, 0.1) is 37.3 Å². The summed E-state index contributed by atoms with van der Waals surface area (Å²) in [6, 6.07) is 8.99. The number of aromatic nitrogens is 5. The van der Waals surface area contributed by atoms with Gasteiger partial charge in [0.25, 0.3) is 11.5 Å². The molecule has 172 valence electrons. The fourth-order valence-corrected chi connectivity index (χ4v) is 3.23. The van der Waals surface area contributed by atoms with E-state index in [1.54, 1.807) is 23.0 Å². The van der Waals surface area contributed by atoms with Gasteiger partial charge in [-0.05, 0) is 38.0 Å². The number of nitrogens with zero attached hydrogens (tertiary/aromatic N) is 5. The molecule has 0 bridgehead atoms. The van der Waals surface area contributed by atoms with Crippen molar-refractivity contribution in [2.75, 3.05) is 30.4 Å². The lowest BCUT2D eigenvalue weighted by molar-refractivity contribution is -0.00357. The van der Waals surface area contributed by atoms with Crippen LogP contribution in [-0.4, -0.2) is 62.5 Å². The van der Waals surface area contributed by atoms with Crippen LogP contribution < -0.4 is 21.5 Å². The molecule has 11 nitrogen and oxygen atoms in total. The minimum atomic E-state index is -0.299. The summed E-state index contributed by atoms with van der Waals surface area (Å²) in [5, 5.41) is 17.1. The Morgan fingerprint density at radius 1 is 1.18 bits per heavy atom. The first-order valence-electron chi connectivity index (χ1n) is 10.8. The molecule has 11 heteroatoms. The molecule has 0 spiro atoms. The molecule has 3 aromatic heterocycles. The Hall–Kier alpha value is -3.86. The van der Waals surface area contributed by atoms with Crippen molar-refractivity contribution < 1.29 is 9.53 Å². The number of hydrogen-bond acceptors (Lipinski definition) is 9. The molecular formula is C22H26N8O3. The van der Waals surface area contributed by atoms with Gasteiger partial charge >= 0.3 is 0 Å². The van der Waals surface area contributed by atoms with Crippen molar-refractivity contribution in [2.45, 2.75) is 31.8 Å². The zero-order valence-electron chi connectivity index (χ0n) is 18.3. The van der Waals surface area contributed by atoms with E-state index in [1.165, 1.54) is 12.3 Å². The van der Waals surface area contributed by atoms with Crippen molar-refractivity contribution in [3.8, 4) is 5.69 Å². The van der Waals surface area contributed by atoms with E-state index in [-0.39, 0.29) is 29.2 Å². The lowest BCUT2D eigenvalue weighted by atomic mass is 10.2. The van der Waals surface area contributed by atoms with Gasteiger partial charge in [-0.15, -0.1) is 10.2 Å². The van der Waals surface area contributed by atoms with Crippen molar-refractivity contribution >= 4 is 17.7 Å². The van der Waals surface area contributed by atoms with Gasteiger partial charge in [0.1, 0.15) is 5.82 Å². The summed E-state index contributed by atoms with van der Waals surface area (Å²) in [4.78, 5) is 32.5. The average Bonchev–Trinajstić information content (AvgIpc) is 2.80. The van der Waals surface area contributed by atoms with Crippen molar-refractivity contribution in [1.82, 2.24) is 30.0 Å². The van der Waals surface area contributed by atoms with Crippen LogP contribution >= 0.6 is 0 Å². The molecular weight excluding hydrogens is 424 g/mol. The molecule has 4 rings (SSSR count). The van der Waals surface area contributed by atoms with Crippen LogP contribution in [0.15, 0.2) is 53.7 Å². The van der Waals surface area contributed by atoms with Gasteiger partial charge in [-0.3, -0.25) is 14.2 Å². The van der Waals surface area contributed by atoms with Crippen LogP contribution in [0.25, 0.3) is 5.69 Å². The van der Waals surface area contributed by atoms with Gasteiger partial charge in [0.2, 0.25) is 5.95 Å². The number of ether oxygens (including phenoxy) is 1. The Kier molecular flexibility index (Phi) is 7.20. The Bertz CT molecular complexity index is 1110. The number of hydrogen-bond donors (Lipinski definition) is 3. The molecule has 1 aliphatic rings. The highest BCUT2D eigenvalue weighted by Gasteiger charge is 2.22. The summed E-state index contributed by atoms with van der Waals surface area (Å²) < 4.78 is 6.57. The number of nitrogens with one attached hydrogen (secondary N) is 3. The van der Waals surface area contributed by atoms with Crippen molar-refractivity contribution in [3.63, 3.8) is 0 Å². The third-order valence-corrected chi connectivity index (χ3v) is 5.11. The van der Waals surface area contributed by atoms with E-state index >= 15 is 0 Å². The first-order valence-corrected chi connectivity index (χ1v) is 10.8. The lowest BCUT2D eigenvalue weighted by Crippen LogP contribution is -2.48. The van der Waals surface area contributed by atoms with Gasteiger partial charge < -0.3 is 20.7 Å². The van der Waals surface area contributed by atoms with Crippen LogP contribution in [0.3, 0.4) is 0 Å². The van der Waals surface area contributed by atoms with Crippen molar-refractivity contribution in [1.29, 1.82) is 0 Å².